The maximum atomic E-state index is 11.6. The molecule has 95 heavy (non-hydrogen) atoms. The van der Waals surface area contributed by atoms with Crippen molar-refractivity contribution in [1.29, 1.82) is 0 Å². The zero-order chi connectivity index (χ0) is 97.9. The first-order valence-electron chi connectivity index (χ1n) is 49.0. The van der Waals surface area contributed by atoms with Crippen LogP contribution < -0.4 is 50.8 Å². The van der Waals surface area contributed by atoms with Crippen LogP contribution in [-0.4, -0.2) is 30.3 Å². The van der Waals surface area contributed by atoms with E-state index >= 15 is 0 Å². The van der Waals surface area contributed by atoms with E-state index in [0.29, 0.717) is 11.3 Å². The van der Waals surface area contributed by atoms with Gasteiger partial charge in [-0.1, -0.05) is 311 Å². The molecule has 0 saturated carbocycles. The van der Waals surface area contributed by atoms with E-state index in [1.807, 2.05) is 47.0 Å². The third kappa shape index (κ3) is 10.3. The van der Waals surface area contributed by atoms with Crippen LogP contribution >= 0.6 is 0 Å². The lowest BCUT2D eigenvalue weighted by atomic mass is 9.88. The van der Waals surface area contributed by atoms with Gasteiger partial charge in [-0.25, -0.2) is 4.98 Å². The molecule has 5 nitrogen and oxygen atoms in total. The van der Waals surface area contributed by atoms with Gasteiger partial charge in [-0.2, -0.15) is 0 Å². The molecule has 454 valence electrons. The van der Waals surface area contributed by atoms with Gasteiger partial charge in [0.25, 0.3) is 6.33 Å². The summed E-state index contributed by atoms with van der Waals surface area (Å²) in [6.45, 7) is 6.19. The van der Waals surface area contributed by atoms with Crippen molar-refractivity contribution in [3.63, 3.8) is 0 Å². The SMILES string of the molecule is [2H]c1c([2H])c([2H])c(-c2cc(-c3c([2H])c([2H])c([2H])c([Si](c4c([2H])c([2H])c([2H])c([2H])c4[2H])(c4c([2H])c([2H])c([2H])c([2H])c4[2H])c4c([2H])c([2H])c([2H])c([2H])c4[2H])c3[2H])c(-[n+]3[c-]n(-c4cccc(Oc5ccc6c7ccccc7n(-c7cc(C(C)(C)C)ccn7)c6c5)c4)c4ccccc43)c([Si](c3c([2H])c([2H])c([2H])c([2H])c3[2H])(c3c([2H])c([2H])c([2H])c([2H])c3[2H])c3c([2H])c([2H])c([2H])c([2H])c3[2H])c2)c([2H])c1[2H]. The summed E-state index contributed by atoms with van der Waals surface area (Å²) >= 11 is 0. The highest BCUT2D eigenvalue weighted by Crippen LogP contribution is 2.38. The first kappa shape index (κ1) is 30.1. The number of hydrogen-bond donors (Lipinski definition) is 0. The maximum absolute atomic E-state index is 11.6. The van der Waals surface area contributed by atoms with Crippen LogP contribution in [0.25, 0.3) is 72.3 Å². The molecule has 0 unspecified atom stereocenters. The number of ether oxygens (including phenoxy) is 1. The molecule has 0 saturated heterocycles. The number of hydrogen-bond acceptors (Lipinski definition) is 2. The molecule has 0 N–H and O–H groups in total. The van der Waals surface area contributed by atoms with Crippen LogP contribution in [0, 0.1) is 6.33 Å². The van der Waals surface area contributed by atoms with Gasteiger partial charge in [0.15, 0.2) is 16.1 Å². The monoisotopic (exact) mass is 1290 g/mol. The van der Waals surface area contributed by atoms with Crippen LogP contribution in [0.15, 0.2) is 357 Å². The number of benzene rings is 13. The van der Waals surface area contributed by atoms with E-state index in [-0.39, 0.29) is 33.6 Å². The van der Waals surface area contributed by atoms with Gasteiger partial charge in [0.1, 0.15) is 17.3 Å². The van der Waals surface area contributed by atoms with Gasteiger partial charge in [-0.3, -0.25) is 13.7 Å². The average molecular weight is 1290 g/mol. The molecule has 3 aromatic heterocycles. The number of aromatic nitrogens is 4. The minimum absolute atomic E-state index is 0.0246. The molecule has 0 atom stereocenters. The fraction of sp³-hybridized carbons (Fsp3) is 0.0455. The predicted molar refractivity (Wildman–Crippen MR) is 399 cm³/mol. The highest BCUT2D eigenvalue weighted by atomic mass is 28.3. The van der Waals surface area contributed by atoms with Crippen LogP contribution in [0.3, 0.4) is 0 Å². The second kappa shape index (κ2) is 24.5. The Bertz CT molecular complexity index is 7390. The van der Waals surface area contributed by atoms with Gasteiger partial charge in [0.05, 0.1) is 86.9 Å². The first-order chi connectivity index (χ1) is 62.9. The quantitative estimate of drug-likeness (QED) is 0.0444. The van der Waals surface area contributed by atoms with Crippen LogP contribution in [-0.2, 0) is 5.41 Å². The lowest BCUT2D eigenvalue weighted by Crippen LogP contribution is -2.76. The molecule has 0 aliphatic carbocycles. The molecular weight excluding hydrogens is 1190 g/mol. The molecule has 13 aromatic carbocycles. The summed E-state index contributed by atoms with van der Waals surface area (Å²) in [5.74, 6) is 0.918. The molecule has 7 heteroatoms. The van der Waals surface area contributed by atoms with Gasteiger partial charge >= 0.3 is 0 Å². The number of imidazole rings is 1. The zero-order valence-electron chi connectivity index (χ0n) is 89.2. The Morgan fingerprint density at radius 2 is 0.926 bits per heavy atom. The van der Waals surface area contributed by atoms with Crippen LogP contribution in [0.4, 0.5) is 0 Å². The Hall–Kier alpha value is -11.5. The Labute approximate surface area is 612 Å². The molecule has 0 radical (unpaired) electrons. The summed E-state index contributed by atoms with van der Waals surface area (Å²) in [4.78, 5) is 4.83. The molecule has 3 heterocycles. The third-order valence-electron chi connectivity index (χ3n) is 16.4. The van der Waals surface area contributed by atoms with Gasteiger partial charge < -0.3 is 4.74 Å². The molecule has 0 bridgehead atoms. The number of nitrogens with zero attached hydrogens (tertiary/aromatic N) is 4. The molecule has 16 aromatic rings. The molecule has 16 rings (SSSR count). The van der Waals surface area contributed by atoms with Crippen LogP contribution in [0.1, 0.15) is 79.8 Å². The second-order valence-electron chi connectivity index (χ2n) is 22.7. The molecule has 0 aliphatic rings. The molecule has 0 fully saturated rings. The summed E-state index contributed by atoms with van der Waals surface area (Å²) in [7, 11) is -14.0. The van der Waals surface area contributed by atoms with Gasteiger partial charge in [-0.05, 0) is 129 Å². The third-order valence-corrected chi connectivity index (χ3v) is 24.6. The maximum Gasteiger partial charge on any atom is 0.269 e. The Balaban J connectivity index is 1.19. The van der Waals surface area contributed by atoms with Crippen molar-refractivity contribution in [1.82, 2.24) is 14.1 Å². The van der Waals surface area contributed by atoms with E-state index in [1.54, 1.807) is 30.5 Å². The van der Waals surface area contributed by atoms with Crippen molar-refractivity contribution in [3.05, 3.63) is 369 Å². The number of para-hydroxylation sites is 3. The highest BCUT2D eigenvalue weighted by Gasteiger charge is 2.45. The van der Waals surface area contributed by atoms with Crippen molar-refractivity contribution in [2.75, 3.05) is 0 Å². The second-order valence-corrected chi connectivity index (χ2v) is 29.8. The van der Waals surface area contributed by atoms with E-state index in [9.17, 15) is 48.0 Å². The topological polar surface area (TPSA) is 35.9 Å². The van der Waals surface area contributed by atoms with Crippen molar-refractivity contribution in [2.24, 2.45) is 0 Å². The minimum Gasteiger partial charge on any atom is -0.458 e. The number of rotatable bonds is 15. The van der Waals surface area contributed by atoms with E-state index in [1.165, 1.54) is 41.0 Å². The summed E-state index contributed by atoms with van der Waals surface area (Å²) in [6.07, 6.45) is 4.97. The molecule has 0 amide bonds. The van der Waals surface area contributed by atoms with E-state index in [0.717, 1.165) is 38.6 Å². The van der Waals surface area contributed by atoms with Crippen molar-refractivity contribution >= 4 is 90.5 Å². The van der Waals surface area contributed by atoms with Crippen molar-refractivity contribution < 1.29 is 62.8 Å². The summed E-state index contributed by atoms with van der Waals surface area (Å²) in [6, 6.07) is -21.8. The highest BCUT2D eigenvalue weighted by molar-refractivity contribution is 7.21. The van der Waals surface area contributed by atoms with E-state index in [4.69, 9.17) is 15.2 Å². The fourth-order valence-corrected chi connectivity index (χ4v) is 19.8. The molecule has 0 aliphatic heterocycles. The Morgan fingerprint density at radius 3 is 1.52 bits per heavy atom. The normalized spacial score (nSPS) is 17.7. The van der Waals surface area contributed by atoms with Crippen molar-refractivity contribution in [3.8, 4) is 50.9 Å². The average Bonchev–Trinajstić information content (AvgIpc) is 0.833. The summed E-state index contributed by atoms with van der Waals surface area (Å²) in [5.41, 5.74) is -3.32. The van der Waals surface area contributed by atoms with Gasteiger partial charge in [0.2, 0.25) is 0 Å². The number of pyridine rings is 1. The lowest BCUT2D eigenvalue weighted by molar-refractivity contribution is -0.570. The first-order valence-corrected chi connectivity index (χ1v) is 33.5. The summed E-state index contributed by atoms with van der Waals surface area (Å²) in [5, 5.41) is -8.62. The van der Waals surface area contributed by atoms with Crippen LogP contribution in [0.2, 0.25) is 0 Å². The van der Waals surface area contributed by atoms with Crippen molar-refractivity contribution in [2.45, 2.75) is 26.2 Å². The Morgan fingerprint density at radius 1 is 0.421 bits per heavy atom. The lowest BCUT2D eigenvalue weighted by Gasteiger charge is -2.37. The number of fused-ring (bicyclic) bond motifs is 4. The summed E-state index contributed by atoms with van der Waals surface area (Å²) < 4.78 is 395. The standard InChI is InChI=1S/C88H68N4OSi2/c1-88(2,3)67-55-56-89-86(60-67)92-81-50-26-25-49-78(81)79-54-53-70(62-84(79)92)93-69-35-30-34-68(61-69)90-63-91(83-52-28-27-51-82(83)90)87-80(65-33-29-48-77(57-65)94(71-36-13-5-14-37-71,72-38-15-6-16-39-72)73-40-17-7-18-41-73)58-66(64-31-11-4-12-32-64)59-85(87)95(74-42-19-8-20-43-74,75-44-21-9-22-45-75)76-46-23-10-24-47-76/h4-62H,1-3H3/i4D,5D,6D,7D,8D,9D,10D,11D,12D,13D,14D,15D,16D,17D,18D,19D,20D,21D,22D,23D,24D,29D,31D,32D,33D,36D,37D,38D,39D,40D,41D,42D,43D,44D,45D,46D,47D,48D,57D. The van der Waals surface area contributed by atoms with Gasteiger partial charge in [-0.15, -0.1) is 0 Å². The van der Waals surface area contributed by atoms with E-state index in [2.05, 4.69) is 27.1 Å². The van der Waals surface area contributed by atoms with E-state index < -0.39 is 321 Å². The molecular formula is C88H68N4OSi2. The Kier molecular flexibility index (Phi) is 7.76. The smallest absolute Gasteiger partial charge is 0.269 e. The van der Waals surface area contributed by atoms with Crippen LogP contribution in [0.5, 0.6) is 11.5 Å². The fourth-order valence-electron chi connectivity index (χ4n) is 12.2. The predicted octanol–water partition coefficient (Wildman–Crippen LogP) is 15.4. The largest absolute Gasteiger partial charge is 0.458 e. The molecule has 0 spiro atoms. The zero-order valence-corrected chi connectivity index (χ0v) is 52.2. The minimum atomic E-state index is -7.05. The van der Waals surface area contributed by atoms with Gasteiger partial charge in [0, 0.05) is 23.0 Å².